The summed E-state index contributed by atoms with van der Waals surface area (Å²) in [5.74, 6) is 0.886. The number of aliphatic hydroxyl groups is 1. The van der Waals surface area contributed by atoms with Gasteiger partial charge < -0.3 is 14.7 Å². The van der Waals surface area contributed by atoms with Crippen LogP contribution in [0.25, 0.3) is 11.3 Å². The second-order valence-electron chi connectivity index (χ2n) is 8.80. The highest BCUT2D eigenvalue weighted by atomic mass is 16.5. The molecule has 5 rings (SSSR count). The van der Waals surface area contributed by atoms with Gasteiger partial charge in [-0.05, 0) is 30.7 Å². The molecular weight excluding hydrogens is 418 g/mol. The van der Waals surface area contributed by atoms with Gasteiger partial charge in [0.15, 0.2) is 0 Å². The molecule has 1 N–H and O–H groups in total. The van der Waals surface area contributed by atoms with Crippen molar-refractivity contribution in [2.75, 3.05) is 18.1 Å². The van der Waals surface area contributed by atoms with E-state index in [9.17, 15) is 9.90 Å². The van der Waals surface area contributed by atoms with Crippen molar-refractivity contribution < 1.29 is 14.6 Å². The maximum Gasteiger partial charge on any atom is 0.278 e. The lowest BCUT2D eigenvalue weighted by molar-refractivity contribution is 0.0921. The SMILES string of the molecule is Cc1cc2cc(n1)-c1cnn(C)c1OCC[C@H](O)[C@@H](C)CN1C(=NC2=O)Cc2ccccc21. The van der Waals surface area contributed by atoms with Crippen molar-refractivity contribution >= 4 is 17.4 Å². The molecule has 0 spiro atoms. The van der Waals surface area contributed by atoms with Gasteiger partial charge in [0.1, 0.15) is 5.84 Å². The van der Waals surface area contributed by atoms with Crippen molar-refractivity contribution in [3.63, 3.8) is 0 Å². The van der Waals surface area contributed by atoms with Crippen LogP contribution in [-0.2, 0) is 13.5 Å². The number of nitrogens with zero attached hydrogens (tertiary/aromatic N) is 5. The van der Waals surface area contributed by atoms with Crippen LogP contribution < -0.4 is 9.64 Å². The number of pyridine rings is 1. The number of ether oxygens (including phenoxy) is 1. The average molecular weight is 446 g/mol. The largest absolute Gasteiger partial charge is 0.477 e. The molecule has 2 bridgehead atoms. The second-order valence-corrected chi connectivity index (χ2v) is 8.80. The van der Waals surface area contributed by atoms with Crippen LogP contribution in [0.1, 0.15) is 35.0 Å². The summed E-state index contributed by atoms with van der Waals surface area (Å²) in [6.45, 7) is 4.76. The van der Waals surface area contributed by atoms with Gasteiger partial charge in [0.05, 0.1) is 30.2 Å². The third-order valence-corrected chi connectivity index (χ3v) is 6.31. The first-order valence-corrected chi connectivity index (χ1v) is 11.2. The minimum Gasteiger partial charge on any atom is -0.477 e. The van der Waals surface area contributed by atoms with Gasteiger partial charge in [-0.15, -0.1) is 0 Å². The van der Waals surface area contributed by atoms with Crippen LogP contribution in [0.4, 0.5) is 5.69 Å². The van der Waals surface area contributed by atoms with Gasteiger partial charge in [-0.25, -0.2) is 4.68 Å². The molecule has 2 atom stereocenters. The lowest BCUT2D eigenvalue weighted by atomic mass is 10.0. The lowest BCUT2D eigenvalue weighted by Crippen LogP contribution is -2.37. The zero-order chi connectivity index (χ0) is 23.1. The molecule has 2 aliphatic rings. The van der Waals surface area contributed by atoms with E-state index in [1.807, 2.05) is 32.0 Å². The zero-order valence-corrected chi connectivity index (χ0v) is 19.0. The molecule has 1 aromatic carbocycles. The van der Waals surface area contributed by atoms with Gasteiger partial charge in [0.25, 0.3) is 5.91 Å². The van der Waals surface area contributed by atoms with E-state index in [2.05, 4.69) is 26.0 Å². The number of benzene rings is 1. The standard InChI is InChI=1S/C25H27N5O3/c1-15-14-30-21-7-5-4-6-17(21)12-23(30)28-24(32)18-10-16(2)27-20(11-18)19-13-26-29(3)25(19)33-9-8-22(15)31/h4-7,10-11,13,15,22,31H,8-9,12,14H2,1-3H3/t15-,22-/m0/s1. The van der Waals surface area contributed by atoms with Crippen molar-refractivity contribution in [3.8, 4) is 17.1 Å². The highest BCUT2D eigenvalue weighted by Gasteiger charge is 2.30. The number of aliphatic hydroxyl groups excluding tert-OH is 1. The molecule has 8 heteroatoms. The van der Waals surface area contributed by atoms with Crippen LogP contribution in [0.5, 0.6) is 5.88 Å². The van der Waals surface area contributed by atoms with Crippen LogP contribution in [0.15, 0.2) is 47.6 Å². The summed E-state index contributed by atoms with van der Waals surface area (Å²) >= 11 is 0. The summed E-state index contributed by atoms with van der Waals surface area (Å²) in [5, 5.41) is 15.2. The Labute approximate surface area is 192 Å². The number of amidine groups is 1. The molecule has 0 saturated carbocycles. The summed E-state index contributed by atoms with van der Waals surface area (Å²) in [5.41, 5.74) is 4.66. The highest BCUT2D eigenvalue weighted by Crippen LogP contribution is 2.32. The molecule has 4 heterocycles. The first kappa shape index (κ1) is 21.3. The number of aromatic nitrogens is 3. The molecule has 0 fully saturated rings. The van der Waals surface area contributed by atoms with Gasteiger partial charge in [-0.3, -0.25) is 9.78 Å². The molecule has 3 aromatic rings. The van der Waals surface area contributed by atoms with Gasteiger partial charge in [0, 0.05) is 49.3 Å². The minimum atomic E-state index is -0.571. The van der Waals surface area contributed by atoms with Crippen molar-refractivity contribution in [3.05, 3.63) is 59.4 Å². The lowest BCUT2D eigenvalue weighted by Gasteiger charge is -2.27. The molecule has 0 saturated heterocycles. The summed E-state index contributed by atoms with van der Waals surface area (Å²) in [4.78, 5) is 24.5. The fraction of sp³-hybridized carbons (Fsp3) is 0.360. The Morgan fingerprint density at radius 1 is 1.21 bits per heavy atom. The van der Waals surface area contributed by atoms with Crippen LogP contribution in [0, 0.1) is 12.8 Å². The second kappa shape index (κ2) is 8.44. The predicted molar refractivity (Wildman–Crippen MR) is 126 cm³/mol. The summed E-state index contributed by atoms with van der Waals surface area (Å²) in [6.07, 6.45) is 2.17. The van der Waals surface area contributed by atoms with E-state index in [4.69, 9.17) is 4.74 Å². The summed E-state index contributed by atoms with van der Waals surface area (Å²) in [6, 6.07) is 11.6. The Bertz CT molecular complexity index is 1250. The number of anilines is 1. The van der Waals surface area contributed by atoms with Crippen molar-refractivity contribution in [1.82, 2.24) is 14.8 Å². The van der Waals surface area contributed by atoms with E-state index in [0.717, 1.165) is 11.3 Å². The molecule has 8 nitrogen and oxygen atoms in total. The number of carbonyl (C=O) groups excluding carboxylic acids is 1. The number of para-hydroxylation sites is 1. The number of amides is 1. The molecule has 0 radical (unpaired) electrons. The van der Waals surface area contributed by atoms with Crippen LogP contribution >= 0.6 is 0 Å². The van der Waals surface area contributed by atoms with Gasteiger partial charge in [-0.1, -0.05) is 25.1 Å². The molecule has 2 aromatic heterocycles. The average Bonchev–Trinajstić information content (AvgIpc) is 3.33. The number of fused-ring (bicyclic) bond motifs is 7. The topological polar surface area (TPSA) is 92.8 Å². The molecule has 0 aliphatic carbocycles. The van der Waals surface area contributed by atoms with Crippen LogP contribution in [-0.4, -0.2) is 50.9 Å². The summed E-state index contributed by atoms with van der Waals surface area (Å²) < 4.78 is 7.67. The molecule has 1 amide bonds. The van der Waals surface area contributed by atoms with Gasteiger partial charge in [0.2, 0.25) is 5.88 Å². The third kappa shape index (κ3) is 4.02. The Balaban J connectivity index is 1.62. The molecular formula is C25H27N5O3. The van der Waals surface area contributed by atoms with E-state index < -0.39 is 6.10 Å². The Kier molecular flexibility index (Phi) is 5.46. The minimum absolute atomic E-state index is 0.0545. The Morgan fingerprint density at radius 3 is 2.88 bits per heavy atom. The first-order chi connectivity index (χ1) is 15.9. The van der Waals surface area contributed by atoms with Crippen molar-refractivity contribution in [2.45, 2.75) is 32.8 Å². The van der Waals surface area contributed by atoms with E-state index in [0.29, 0.717) is 60.2 Å². The van der Waals surface area contributed by atoms with E-state index in [-0.39, 0.29) is 11.8 Å². The third-order valence-electron chi connectivity index (χ3n) is 6.31. The Hall–Kier alpha value is -3.52. The normalized spacial score (nSPS) is 20.7. The van der Waals surface area contributed by atoms with E-state index in [1.165, 1.54) is 0 Å². The van der Waals surface area contributed by atoms with E-state index >= 15 is 0 Å². The number of rotatable bonds is 0. The van der Waals surface area contributed by atoms with E-state index in [1.54, 1.807) is 30.1 Å². The smallest absolute Gasteiger partial charge is 0.278 e. The molecule has 170 valence electrons. The molecule has 0 unspecified atom stereocenters. The number of hydrogen-bond donors (Lipinski definition) is 1. The zero-order valence-electron chi connectivity index (χ0n) is 19.0. The monoisotopic (exact) mass is 445 g/mol. The highest BCUT2D eigenvalue weighted by molar-refractivity contribution is 6.12. The number of carbonyl (C=O) groups is 1. The number of aliphatic imine (C=N–C) groups is 1. The summed E-state index contributed by atoms with van der Waals surface area (Å²) in [7, 11) is 1.80. The quantitative estimate of drug-likeness (QED) is 0.571. The maximum absolute atomic E-state index is 13.3. The molecule has 2 aliphatic heterocycles. The predicted octanol–water partition coefficient (Wildman–Crippen LogP) is 3.17. The molecule has 33 heavy (non-hydrogen) atoms. The van der Waals surface area contributed by atoms with Crippen LogP contribution in [0.3, 0.4) is 0 Å². The van der Waals surface area contributed by atoms with Crippen molar-refractivity contribution in [2.24, 2.45) is 18.0 Å². The fourth-order valence-electron chi connectivity index (χ4n) is 4.49. The van der Waals surface area contributed by atoms with Crippen LogP contribution in [0.2, 0.25) is 0 Å². The van der Waals surface area contributed by atoms with Gasteiger partial charge >= 0.3 is 0 Å². The van der Waals surface area contributed by atoms with Crippen molar-refractivity contribution in [1.29, 1.82) is 0 Å². The Morgan fingerprint density at radius 2 is 2.03 bits per heavy atom. The fourth-order valence-corrected chi connectivity index (χ4v) is 4.49. The number of aryl methyl sites for hydroxylation is 2. The first-order valence-electron chi connectivity index (χ1n) is 11.2. The van der Waals surface area contributed by atoms with Gasteiger partial charge in [-0.2, -0.15) is 10.1 Å². The maximum atomic E-state index is 13.3. The number of hydrogen-bond acceptors (Lipinski definition) is 6.